The number of hydrogen-bond acceptors (Lipinski definition) is 7. The molecule has 2 fully saturated rings. The Hall–Kier alpha value is -4.33. The van der Waals surface area contributed by atoms with Crippen LogP contribution in [0.15, 0.2) is 71.4 Å². The zero-order valence-corrected chi connectivity index (χ0v) is 17.8. The van der Waals surface area contributed by atoms with Gasteiger partial charge in [0.2, 0.25) is 24.4 Å². The fraction of sp³-hybridized carbons (Fsp3) is 0.192. The third kappa shape index (κ3) is 2.45. The number of fused-ring (bicyclic) bond motifs is 6. The number of carbonyl (C=O) groups is 3. The number of amides is 2. The van der Waals surface area contributed by atoms with Crippen LogP contribution in [-0.2, 0) is 9.59 Å². The van der Waals surface area contributed by atoms with E-state index in [9.17, 15) is 14.4 Å². The summed E-state index contributed by atoms with van der Waals surface area (Å²) in [6, 6.07) is 14.6. The minimum atomic E-state index is -0.872. The lowest BCUT2D eigenvalue weighted by atomic mass is 9.87. The van der Waals surface area contributed by atoms with Gasteiger partial charge in [-0.25, -0.2) is 4.90 Å². The van der Waals surface area contributed by atoms with Crippen molar-refractivity contribution in [1.82, 2.24) is 0 Å². The Kier molecular flexibility index (Phi) is 3.85. The normalized spacial score (nSPS) is 26.0. The van der Waals surface area contributed by atoms with Crippen LogP contribution >= 0.6 is 0 Å². The van der Waals surface area contributed by atoms with Crippen molar-refractivity contribution in [3.05, 3.63) is 78.3 Å². The molecule has 0 bridgehead atoms. The van der Waals surface area contributed by atoms with Gasteiger partial charge in [-0.1, -0.05) is 30.4 Å². The lowest BCUT2D eigenvalue weighted by molar-refractivity contribution is -0.122. The van der Waals surface area contributed by atoms with Crippen LogP contribution in [0.3, 0.4) is 0 Å². The molecule has 0 unspecified atom stereocenters. The number of benzene rings is 2. The van der Waals surface area contributed by atoms with Crippen molar-refractivity contribution in [3.8, 4) is 11.5 Å². The van der Waals surface area contributed by atoms with Crippen molar-refractivity contribution in [1.29, 1.82) is 0 Å². The molecule has 8 heteroatoms. The third-order valence-corrected chi connectivity index (χ3v) is 7.06. The second-order valence-corrected chi connectivity index (χ2v) is 8.70. The molecule has 2 saturated heterocycles. The highest BCUT2D eigenvalue weighted by Gasteiger charge is 2.64. The lowest BCUT2D eigenvalue weighted by Gasteiger charge is -2.36. The summed E-state index contributed by atoms with van der Waals surface area (Å²) in [5.41, 5.74) is 2.16. The van der Waals surface area contributed by atoms with Crippen LogP contribution in [0.1, 0.15) is 16.1 Å². The number of rotatable bonds is 3. The number of nitrogens with zero attached hydrogens (tertiary/aromatic N) is 2. The highest BCUT2D eigenvalue weighted by molar-refractivity contribution is 6.25. The van der Waals surface area contributed by atoms with E-state index in [1.165, 1.54) is 11.2 Å². The molecule has 0 N–H and O–H groups in total. The largest absolute Gasteiger partial charge is 0.461 e. The molecule has 2 amide bonds. The average molecular weight is 454 g/mol. The number of carbonyl (C=O) groups excluding carboxylic acids is 3. The maximum atomic E-state index is 13.8. The molecule has 8 nitrogen and oxygen atoms in total. The molecular weight excluding hydrogens is 436 g/mol. The molecule has 1 aromatic heterocycles. The van der Waals surface area contributed by atoms with Gasteiger partial charge in [0.15, 0.2) is 17.3 Å². The van der Waals surface area contributed by atoms with Crippen LogP contribution in [0.4, 0.5) is 11.4 Å². The van der Waals surface area contributed by atoms with E-state index in [1.54, 1.807) is 30.3 Å². The Balaban J connectivity index is 1.36. The van der Waals surface area contributed by atoms with Gasteiger partial charge in [0.1, 0.15) is 6.04 Å². The van der Waals surface area contributed by atoms with Gasteiger partial charge in [-0.3, -0.25) is 14.4 Å². The van der Waals surface area contributed by atoms with Crippen LogP contribution in [0, 0.1) is 11.8 Å². The number of Topliss-reactive ketones (excluding diaryl/α,β-unsaturated/α-hetero) is 1. The van der Waals surface area contributed by atoms with Gasteiger partial charge in [-0.05, 0) is 35.9 Å². The fourth-order valence-corrected chi connectivity index (χ4v) is 5.66. The second kappa shape index (κ2) is 6.84. The second-order valence-electron chi connectivity index (χ2n) is 8.70. The molecule has 4 aliphatic heterocycles. The highest BCUT2D eigenvalue weighted by atomic mass is 16.7. The van der Waals surface area contributed by atoms with E-state index in [0.717, 1.165) is 11.3 Å². The molecule has 5 heterocycles. The summed E-state index contributed by atoms with van der Waals surface area (Å²) >= 11 is 0. The molecule has 7 rings (SSSR count). The van der Waals surface area contributed by atoms with Gasteiger partial charge >= 0.3 is 0 Å². The van der Waals surface area contributed by atoms with E-state index >= 15 is 0 Å². The summed E-state index contributed by atoms with van der Waals surface area (Å²) in [6.07, 6.45) is 5.31. The predicted molar refractivity (Wildman–Crippen MR) is 121 cm³/mol. The summed E-state index contributed by atoms with van der Waals surface area (Å²) in [6.45, 7) is 0.0902. The SMILES string of the molecule is O=C(c1ccco1)[C@H]1[C@H]2C(=O)N(c3ccc4c(c3)OCO4)C(=O)[C@H]2[C@@H]2C=Cc3ccccc3N21. The first kappa shape index (κ1) is 19.2. The molecule has 4 atom stereocenters. The minimum Gasteiger partial charge on any atom is -0.461 e. The van der Waals surface area contributed by atoms with Gasteiger partial charge < -0.3 is 18.8 Å². The Bertz CT molecular complexity index is 1390. The number of ketones is 1. The van der Waals surface area contributed by atoms with Crippen molar-refractivity contribution in [2.75, 3.05) is 16.6 Å². The number of imide groups is 1. The Morgan fingerprint density at radius 2 is 1.74 bits per heavy atom. The molecule has 0 saturated carbocycles. The van der Waals surface area contributed by atoms with Crippen LogP contribution in [0.25, 0.3) is 6.08 Å². The summed E-state index contributed by atoms with van der Waals surface area (Å²) in [5.74, 6) is -1.40. The van der Waals surface area contributed by atoms with Crippen molar-refractivity contribution in [2.45, 2.75) is 12.1 Å². The minimum absolute atomic E-state index is 0.0902. The number of para-hydroxylation sites is 1. The maximum absolute atomic E-state index is 13.8. The van der Waals surface area contributed by atoms with Gasteiger partial charge in [0, 0.05) is 11.8 Å². The van der Waals surface area contributed by atoms with Crippen molar-refractivity contribution >= 4 is 35.0 Å². The van der Waals surface area contributed by atoms with Crippen molar-refractivity contribution in [3.63, 3.8) is 0 Å². The van der Waals surface area contributed by atoms with E-state index in [2.05, 4.69) is 0 Å². The summed E-state index contributed by atoms with van der Waals surface area (Å²) in [7, 11) is 0. The molecule has 0 aliphatic carbocycles. The van der Waals surface area contributed by atoms with Crippen LogP contribution in [0.2, 0.25) is 0 Å². The van der Waals surface area contributed by atoms with Crippen molar-refractivity contribution < 1.29 is 28.3 Å². The first-order chi connectivity index (χ1) is 16.6. The van der Waals surface area contributed by atoms with Crippen LogP contribution in [0.5, 0.6) is 11.5 Å². The molecular formula is C26H18N2O6. The van der Waals surface area contributed by atoms with E-state index in [-0.39, 0.29) is 24.2 Å². The van der Waals surface area contributed by atoms with E-state index in [4.69, 9.17) is 13.9 Å². The number of furan rings is 1. The average Bonchev–Trinajstić information content (AvgIpc) is 3.64. The quantitative estimate of drug-likeness (QED) is 0.443. The highest BCUT2D eigenvalue weighted by Crippen LogP contribution is 2.50. The molecule has 0 radical (unpaired) electrons. The van der Waals surface area contributed by atoms with Crippen molar-refractivity contribution in [2.24, 2.45) is 11.8 Å². The standard InChI is InChI=1S/C26H18N2O6/c29-24(19-6-3-11-32-19)23-22-21(17-9-7-14-4-1-2-5-16(14)28(17)23)25(30)27(26(22)31)15-8-10-18-20(12-15)34-13-33-18/h1-12,17,21-23H,13H2/t17-,21-,22-,23+/m0/s1. The topological polar surface area (TPSA) is 89.3 Å². The van der Waals surface area contributed by atoms with E-state index in [1.807, 2.05) is 41.3 Å². The zero-order chi connectivity index (χ0) is 23.0. The Morgan fingerprint density at radius 3 is 2.59 bits per heavy atom. The molecule has 34 heavy (non-hydrogen) atoms. The van der Waals surface area contributed by atoms with Gasteiger partial charge in [0.25, 0.3) is 0 Å². The number of ether oxygens (including phenoxy) is 2. The molecule has 2 aromatic carbocycles. The smallest absolute Gasteiger partial charge is 0.240 e. The fourth-order valence-electron chi connectivity index (χ4n) is 5.66. The van der Waals surface area contributed by atoms with E-state index in [0.29, 0.717) is 17.2 Å². The maximum Gasteiger partial charge on any atom is 0.240 e. The number of hydrogen-bond donors (Lipinski definition) is 0. The Labute approximate surface area is 194 Å². The molecule has 4 aliphatic rings. The van der Waals surface area contributed by atoms with Gasteiger partial charge in [-0.2, -0.15) is 0 Å². The number of anilines is 2. The zero-order valence-electron chi connectivity index (χ0n) is 17.8. The first-order valence-corrected chi connectivity index (χ1v) is 11.0. The van der Waals surface area contributed by atoms with Gasteiger partial charge in [0.05, 0.1) is 29.8 Å². The Morgan fingerprint density at radius 1 is 0.912 bits per heavy atom. The molecule has 168 valence electrons. The molecule has 0 spiro atoms. The van der Waals surface area contributed by atoms with Crippen LogP contribution in [-0.4, -0.2) is 36.5 Å². The first-order valence-electron chi connectivity index (χ1n) is 11.0. The summed E-state index contributed by atoms with van der Waals surface area (Å²) in [4.78, 5) is 44.4. The van der Waals surface area contributed by atoms with Gasteiger partial charge in [-0.15, -0.1) is 0 Å². The van der Waals surface area contributed by atoms with Crippen LogP contribution < -0.4 is 19.3 Å². The summed E-state index contributed by atoms with van der Waals surface area (Å²) in [5, 5.41) is 0. The molecule has 3 aromatic rings. The summed E-state index contributed by atoms with van der Waals surface area (Å²) < 4.78 is 16.2. The monoisotopic (exact) mass is 454 g/mol. The predicted octanol–water partition coefficient (Wildman–Crippen LogP) is 3.28. The lowest BCUT2D eigenvalue weighted by Crippen LogP contribution is -2.48. The van der Waals surface area contributed by atoms with E-state index < -0.39 is 29.8 Å². The third-order valence-electron chi connectivity index (χ3n) is 7.06.